The van der Waals surface area contributed by atoms with Gasteiger partial charge in [-0.3, -0.25) is 4.68 Å². The number of benzene rings is 1. The van der Waals surface area contributed by atoms with Gasteiger partial charge in [-0.1, -0.05) is 6.07 Å². The second-order valence-corrected chi connectivity index (χ2v) is 5.79. The molecule has 26 heavy (non-hydrogen) atoms. The quantitative estimate of drug-likeness (QED) is 0.383. The summed E-state index contributed by atoms with van der Waals surface area (Å²) in [5, 5.41) is 10.9. The largest absolute Gasteiger partial charge is 0.494 e. The molecule has 0 aliphatic carbocycles. The van der Waals surface area contributed by atoms with Crippen molar-refractivity contribution in [3.8, 4) is 5.75 Å². The molecule has 0 atom stereocenters. The Hall–Kier alpha value is -1.84. The first-order chi connectivity index (χ1) is 12.0. The number of ether oxygens (including phenoxy) is 1. The van der Waals surface area contributed by atoms with Gasteiger partial charge in [0.05, 0.1) is 19.3 Å². The molecule has 0 aliphatic rings. The fraction of sp³-hybridized carbons (Fsp3) is 0.444. The SMILES string of the molecule is CCNC(=NCc1ccc(OC)c(F)c1)NCc1c(C)nn(C)c1C.I. The Morgan fingerprint density at radius 3 is 2.58 bits per heavy atom. The predicted molar refractivity (Wildman–Crippen MR) is 113 cm³/mol. The summed E-state index contributed by atoms with van der Waals surface area (Å²) in [5.74, 6) is 0.538. The molecule has 0 unspecified atom stereocenters. The molecule has 0 spiro atoms. The van der Waals surface area contributed by atoms with E-state index in [-0.39, 0.29) is 35.5 Å². The third kappa shape index (κ3) is 5.58. The molecule has 1 aromatic carbocycles. The number of rotatable bonds is 6. The van der Waals surface area contributed by atoms with Gasteiger partial charge in [0.15, 0.2) is 17.5 Å². The summed E-state index contributed by atoms with van der Waals surface area (Å²) in [7, 11) is 3.38. The predicted octanol–water partition coefficient (Wildman–Crippen LogP) is 3.06. The molecule has 6 nitrogen and oxygen atoms in total. The van der Waals surface area contributed by atoms with Crippen molar-refractivity contribution in [1.29, 1.82) is 0 Å². The molecule has 0 saturated heterocycles. The lowest BCUT2D eigenvalue weighted by Crippen LogP contribution is -2.37. The van der Waals surface area contributed by atoms with Gasteiger partial charge in [0.25, 0.3) is 0 Å². The van der Waals surface area contributed by atoms with E-state index in [2.05, 4.69) is 20.7 Å². The summed E-state index contributed by atoms with van der Waals surface area (Å²) in [4.78, 5) is 4.52. The fourth-order valence-electron chi connectivity index (χ4n) is 2.57. The number of hydrogen-bond donors (Lipinski definition) is 2. The number of aromatic nitrogens is 2. The first-order valence-electron chi connectivity index (χ1n) is 8.29. The Kier molecular flexibility index (Phi) is 8.83. The lowest BCUT2D eigenvalue weighted by molar-refractivity contribution is 0.386. The minimum atomic E-state index is -0.380. The van der Waals surface area contributed by atoms with Crippen LogP contribution in [-0.2, 0) is 20.1 Å². The number of halogens is 2. The van der Waals surface area contributed by atoms with Gasteiger partial charge >= 0.3 is 0 Å². The molecular weight excluding hydrogens is 448 g/mol. The zero-order chi connectivity index (χ0) is 18.4. The maximum absolute atomic E-state index is 13.8. The maximum atomic E-state index is 13.8. The molecule has 0 saturated carbocycles. The fourth-order valence-corrected chi connectivity index (χ4v) is 2.57. The van der Waals surface area contributed by atoms with E-state index in [0.29, 0.717) is 19.0 Å². The average Bonchev–Trinajstić information content (AvgIpc) is 2.83. The van der Waals surface area contributed by atoms with Gasteiger partial charge in [0, 0.05) is 31.4 Å². The van der Waals surface area contributed by atoms with Crippen LogP contribution in [0.15, 0.2) is 23.2 Å². The first-order valence-corrected chi connectivity index (χ1v) is 8.29. The number of hydrogen-bond acceptors (Lipinski definition) is 3. The van der Waals surface area contributed by atoms with Gasteiger partial charge < -0.3 is 15.4 Å². The second-order valence-electron chi connectivity index (χ2n) is 5.79. The molecule has 8 heteroatoms. The van der Waals surface area contributed by atoms with E-state index < -0.39 is 0 Å². The van der Waals surface area contributed by atoms with Crippen molar-refractivity contribution in [2.24, 2.45) is 12.0 Å². The lowest BCUT2D eigenvalue weighted by atomic mass is 10.2. The van der Waals surface area contributed by atoms with Crippen molar-refractivity contribution < 1.29 is 9.13 Å². The van der Waals surface area contributed by atoms with Crippen molar-refractivity contribution >= 4 is 29.9 Å². The van der Waals surface area contributed by atoms with Gasteiger partial charge in [-0.2, -0.15) is 5.10 Å². The van der Waals surface area contributed by atoms with Crippen LogP contribution in [-0.4, -0.2) is 29.4 Å². The van der Waals surface area contributed by atoms with Crippen LogP contribution in [0.5, 0.6) is 5.75 Å². The standard InChI is InChI=1S/C18H26FN5O.HI/c1-6-20-18(22-11-15-12(2)23-24(4)13(15)3)21-10-14-7-8-17(25-5)16(19)9-14;/h7-9H,6,10-11H2,1-5H3,(H2,20,21,22);1H. The van der Waals surface area contributed by atoms with Crippen LogP contribution in [0.1, 0.15) is 29.4 Å². The third-order valence-corrected chi connectivity index (χ3v) is 4.07. The molecule has 0 bridgehead atoms. The van der Waals surface area contributed by atoms with Crippen LogP contribution >= 0.6 is 24.0 Å². The van der Waals surface area contributed by atoms with Crippen LogP contribution in [0, 0.1) is 19.7 Å². The topological polar surface area (TPSA) is 63.5 Å². The first kappa shape index (κ1) is 22.2. The van der Waals surface area contributed by atoms with Crippen LogP contribution in [0.3, 0.4) is 0 Å². The minimum Gasteiger partial charge on any atom is -0.494 e. The van der Waals surface area contributed by atoms with Crippen molar-refractivity contribution in [2.45, 2.75) is 33.9 Å². The van der Waals surface area contributed by atoms with E-state index in [1.165, 1.54) is 13.2 Å². The lowest BCUT2D eigenvalue weighted by Gasteiger charge is -2.12. The molecule has 1 heterocycles. The summed E-state index contributed by atoms with van der Waals surface area (Å²) in [6.07, 6.45) is 0. The Labute approximate surface area is 171 Å². The zero-order valence-electron chi connectivity index (χ0n) is 15.9. The van der Waals surface area contributed by atoms with Crippen LogP contribution in [0.25, 0.3) is 0 Å². The number of aliphatic imine (C=N–C) groups is 1. The van der Waals surface area contributed by atoms with E-state index in [1.54, 1.807) is 6.07 Å². The summed E-state index contributed by atoms with van der Waals surface area (Å²) in [5.41, 5.74) is 4.06. The molecule has 0 radical (unpaired) electrons. The van der Waals surface area contributed by atoms with Gasteiger partial charge in [-0.25, -0.2) is 9.38 Å². The van der Waals surface area contributed by atoms with Gasteiger partial charge in [0.1, 0.15) is 0 Å². The van der Waals surface area contributed by atoms with E-state index >= 15 is 0 Å². The van der Waals surface area contributed by atoms with E-state index in [0.717, 1.165) is 29.1 Å². The van der Waals surface area contributed by atoms with Crippen molar-refractivity contribution in [3.05, 3.63) is 46.5 Å². The van der Waals surface area contributed by atoms with Gasteiger partial charge in [-0.15, -0.1) is 24.0 Å². The molecule has 0 fully saturated rings. The number of methoxy groups -OCH3 is 1. The number of guanidine groups is 1. The zero-order valence-corrected chi connectivity index (χ0v) is 18.2. The Morgan fingerprint density at radius 1 is 1.31 bits per heavy atom. The molecule has 1 aromatic heterocycles. The minimum absolute atomic E-state index is 0. The molecule has 0 aliphatic heterocycles. The monoisotopic (exact) mass is 475 g/mol. The van der Waals surface area contributed by atoms with Crippen molar-refractivity contribution in [2.75, 3.05) is 13.7 Å². The molecule has 2 aromatic rings. The summed E-state index contributed by atoms with van der Waals surface area (Å²) in [6, 6.07) is 4.87. The highest BCUT2D eigenvalue weighted by Crippen LogP contribution is 2.18. The van der Waals surface area contributed by atoms with Gasteiger partial charge in [0.2, 0.25) is 0 Å². The van der Waals surface area contributed by atoms with Crippen molar-refractivity contribution in [1.82, 2.24) is 20.4 Å². The molecule has 144 valence electrons. The third-order valence-electron chi connectivity index (χ3n) is 4.07. The average molecular weight is 475 g/mol. The van der Waals surface area contributed by atoms with E-state index in [4.69, 9.17) is 4.74 Å². The van der Waals surface area contributed by atoms with Crippen LogP contribution in [0.2, 0.25) is 0 Å². The molecular formula is C18H27FIN5O. The number of nitrogens with one attached hydrogen (secondary N) is 2. The van der Waals surface area contributed by atoms with Crippen molar-refractivity contribution in [3.63, 3.8) is 0 Å². The van der Waals surface area contributed by atoms with Crippen LogP contribution < -0.4 is 15.4 Å². The Morgan fingerprint density at radius 2 is 2.04 bits per heavy atom. The highest BCUT2D eigenvalue weighted by Gasteiger charge is 2.10. The number of aryl methyl sites for hydroxylation is 2. The summed E-state index contributed by atoms with van der Waals surface area (Å²) < 4.78 is 20.6. The summed E-state index contributed by atoms with van der Waals surface area (Å²) >= 11 is 0. The smallest absolute Gasteiger partial charge is 0.191 e. The van der Waals surface area contributed by atoms with E-state index in [9.17, 15) is 4.39 Å². The second kappa shape index (κ2) is 10.3. The highest BCUT2D eigenvalue weighted by molar-refractivity contribution is 14.0. The molecule has 2 N–H and O–H groups in total. The summed E-state index contributed by atoms with van der Waals surface area (Å²) in [6.45, 7) is 7.80. The highest BCUT2D eigenvalue weighted by atomic mass is 127. The Bertz CT molecular complexity index is 760. The van der Waals surface area contributed by atoms with Crippen LogP contribution in [0.4, 0.5) is 4.39 Å². The molecule has 0 amide bonds. The Balaban J connectivity index is 0.00000338. The maximum Gasteiger partial charge on any atom is 0.191 e. The van der Waals surface area contributed by atoms with E-state index in [1.807, 2.05) is 38.6 Å². The van der Waals surface area contributed by atoms with Gasteiger partial charge in [-0.05, 0) is 38.5 Å². The number of nitrogens with zero attached hydrogens (tertiary/aromatic N) is 3. The molecule has 2 rings (SSSR count). The normalized spacial score (nSPS) is 11.1.